The first kappa shape index (κ1) is 7.21. The molecule has 0 saturated heterocycles. The average Bonchev–Trinajstić information content (AvgIpc) is 2.17. The molecule has 0 spiro atoms. The molecule has 3 nitrogen and oxygen atoms in total. The summed E-state index contributed by atoms with van der Waals surface area (Å²) in [6.07, 6.45) is 0. The summed E-state index contributed by atoms with van der Waals surface area (Å²) in [5.41, 5.74) is 5.88. The van der Waals surface area contributed by atoms with Crippen molar-refractivity contribution in [3.63, 3.8) is 0 Å². The molecule has 0 atom stereocenters. The van der Waals surface area contributed by atoms with Crippen molar-refractivity contribution >= 4 is 17.0 Å². The smallest absolute Gasteiger partial charge is 0.219 e. The first-order valence-electron chi connectivity index (χ1n) is 2.78. The van der Waals surface area contributed by atoms with Crippen molar-refractivity contribution in [2.75, 3.05) is 12.8 Å². The van der Waals surface area contributed by atoms with Crippen molar-refractivity contribution in [1.29, 1.82) is 0 Å². The highest BCUT2D eigenvalue weighted by Gasteiger charge is 2.11. The second-order valence-corrected chi connectivity index (χ2v) is 3.10. The fourth-order valence-electron chi connectivity index (χ4n) is 0.657. The van der Waals surface area contributed by atoms with Gasteiger partial charge in [0.15, 0.2) is 5.75 Å². The van der Waals surface area contributed by atoms with E-state index in [-0.39, 0.29) is 5.75 Å². The maximum atomic E-state index is 9.18. The number of thiophene rings is 1. The van der Waals surface area contributed by atoms with Gasteiger partial charge in [-0.2, -0.15) is 0 Å². The van der Waals surface area contributed by atoms with Gasteiger partial charge in [-0.05, 0) is 6.92 Å². The summed E-state index contributed by atoms with van der Waals surface area (Å²) in [6, 6.07) is 0. The predicted molar refractivity (Wildman–Crippen MR) is 41.7 cm³/mol. The molecule has 0 aliphatic rings. The summed E-state index contributed by atoms with van der Waals surface area (Å²) >= 11 is 1.34. The number of ether oxygens (including phenoxy) is 1. The topological polar surface area (TPSA) is 55.5 Å². The minimum Gasteiger partial charge on any atom is -0.502 e. The van der Waals surface area contributed by atoms with Gasteiger partial charge in [-0.25, -0.2) is 0 Å². The normalized spacial score (nSPS) is 9.80. The lowest BCUT2D eigenvalue weighted by Gasteiger charge is -1.93. The quantitative estimate of drug-likeness (QED) is 0.650. The summed E-state index contributed by atoms with van der Waals surface area (Å²) in [7, 11) is 1.50. The Labute approximate surface area is 63.0 Å². The van der Waals surface area contributed by atoms with Crippen LogP contribution in [0.25, 0.3) is 0 Å². The first-order valence-corrected chi connectivity index (χ1v) is 3.60. The number of rotatable bonds is 1. The van der Waals surface area contributed by atoms with E-state index in [1.807, 2.05) is 6.92 Å². The SMILES string of the molecule is COc1sc(C)c(N)c1O. The number of aromatic hydroxyl groups is 1. The van der Waals surface area contributed by atoms with Crippen LogP contribution in [0.1, 0.15) is 4.88 Å². The Hall–Kier alpha value is -0.900. The third-order valence-electron chi connectivity index (χ3n) is 1.26. The molecular formula is C6H9NO2S. The fraction of sp³-hybridized carbons (Fsp3) is 0.333. The minimum absolute atomic E-state index is 0.0602. The van der Waals surface area contributed by atoms with Crippen LogP contribution in [-0.4, -0.2) is 12.2 Å². The molecule has 0 amide bonds. The van der Waals surface area contributed by atoms with E-state index in [1.165, 1.54) is 18.4 Å². The molecule has 0 aliphatic carbocycles. The van der Waals surface area contributed by atoms with Crippen molar-refractivity contribution < 1.29 is 9.84 Å². The molecular weight excluding hydrogens is 150 g/mol. The van der Waals surface area contributed by atoms with Gasteiger partial charge in [-0.3, -0.25) is 0 Å². The van der Waals surface area contributed by atoms with Crippen LogP contribution < -0.4 is 10.5 Å². The van der Waals surface area contributed by atoms with Gasteiger partial charge < -0.3 is 15.6 Å². The summed E-state index contributed by atoms with van der Waals surface area (Å²) in [5, 5.41) is 9.66. The number of hydrogen-bond acceptors (Lipinski definition) is 4. The van der Waals surface area contributed by atoms with Crippen LogP contribution in [0.3, 0.4) is 0 Å². The van der Waals surface area contributed by atoms with E-state index in [0.717, 1.165) is 4.88 Å². The molecule has 3 N–H and O–H groups in total. The van der Waals surface area contributed by atoms with Crippen LogP contribution in [0.4, 0.5) is 5.69 Å². The van der Waals surface area contributed by atoms with Crippen LogP contribution >= 0.6 is 11.3 Å². The van der Waals surface area contributed by atoms with E-state index in [2.05, 4.69) is 0 Å². The molecule has 10 heavy (non-hydrogen) atoms. The predicted octanol–water partition coefficient (Wildman–Crippen LogP) is 1.35. The van der Waals surface area contributed by atoms with Crippen LogP contribution in [0.15, 0.2) is 0 Å². The third kappa shape index (κ3) is 0.903. The lowest BCUT2D eigenvalue weighted by Crippen LogP contribution is -1.83. The maximum Gasteiger partial charge on any atom is 0.219 e. The molecule has 56 valence electrons. The van der Waals surface area contributed by atoms with Crippen LogP contribution in [0, 0.1) is 6.92 Å². The van der Waals surface area contributed by atoms with Crippen molar-refractivity contribution in [3.05, 3.63) is 4.88 Å². The Morgan fingerprint density at radius 3 is 2.40 bits per heavy atom. The highest BCUT2D eigenvalue weighted by atomic mass is 32.1. The summed E-state index contributed by atoms with van der Waals surface area (Å²) in [4.78, 5) is 0.884. The van der Waals surface area contributed by atoms with Crippen molar-refractivity contribution in [2.45, 2.75) is 6.92 Å². The number of nitrogens with two attached hydrogens (primary N) is 1. The third-order valence-corrected chi connectivity index (χ3v) is 2.33. The van der Waals surface area contributed by atoms with Crippen LogP contribution in [0.2, 0.25) is 0 Å². The lowest BCUT2D eigenvalue weighted by atomic mass is 10.4. The Bertz CT molecular complexity index is 244. The number of aryl methyl sites for hydroxylation is 1. The van der Waals surface area contributed by atoms with E-state index in [9.17, 15) is 5.11 Å². The Morgan fingerprint density at radius 1 is 1.60 bits per heavy atom. The molecule has 1 aromatic heterocycles. The van der Waals surface area contributed by atoms with E-state index in [1.54, 1.807) is 0 Å². The second-order valence-electron chi connectivity index (χ2n) is 1.91. The fourth-order valence-corrected chi connectivity index (χ4v) is 1.43. The van der Waals surface area contributed by atoms with Gasteiger partial charge in [0, 0.05) is 4.88 Å². The Balaban J connectivity index is 3.17. The molecule has 0 fully saturated rings. The molecule has 0 aromatic carbocycles. The molecule has 1 rings (SSSR count). The van der Waals surface area contributed by atoms with Crippen molar-refractivity contribution in [3.8, 4) is 10.8 Å². The maximum absolute atomic E-state index is 9.18. The van der Waals surface area contributed by atoms with Gasteiger partial charge in [0.1, 0.15) is 0 Å². The summed E-state index contributed by atoms with van der Waals surface area (Å²) in [6.45, 7) is 1.84. The Kier molecular flexibility index (Phi) is 1.72. The molecule has 0 bridgehead atoms. The number of methoxy groups -OCH3 is 1. The van der Waals surface area contributed by atoms with Gasteiger partial charge in [0.05, 0.1) is 12.8 Å². The number of hydrogen-bond donors (Lipinski definition) is 2. The van der Waals surface area contributed by atoms with Gasteiger partial charge in [0.25, 0.3) is 0 Å². The van der Waals surface area contributed by atoms with Gasteiger partial charge in [-0.1, -0.05) is 11.3 Å². The first-order chi connectivity index (χ1) is 4.66. The second kappa shape index (κ2) is 2.38. The molecule has 0 radical (unpaired) electrons. The van der Waals surface area contributed by atoms with E-state index in [0.29, 0.717) is 10.8 Å². The van der Waals surface area contributed by atoms with Gasteiger partial charge in [0.2, 0.25) is 5.06 Å². The lowest BCUT2D eigenvalue weighted by molar-refractivity contribution is 0.386. The zero-order chi connectivity index (χ0) is 7.72. The summed E-state index contributed by atoms with van der Waals surface area (Å²) in [5.74, 6) is 0.0602. The van der Waals surface area contributed by atoms with Crippen molar-refractivity contribution in [1.82, 2.24) is 0 Å². The van der Waals surface area contributed by atoms with E-state index >= 15 is 0 Å². The van der Waals surface area contributed by atoms with Gasteiger partial charge >= 0.3 is 0 Å². The monoisotopic (exact) mass is 159 g/mol. The zero-order valence-electron chi connectivity index (χ0n) is 5.84. The van der Waals surface area contributed by atoms with Crippen molar-refractivity contribution in [2.24, 2.45) is 0 Å². The van der Waals surface area contributed by atoms with E-state index in [4.69, 9.17) is 10.5 Å². The highest BCUT2D eigenvalue weighted by Crippen LogP contribution is 2.42. The van der Waals surface area contributed by atoms with Crippen LogP contribution in [-0.2, 0) is 0 Å². The number of nitrogen functional groups attached to an aromatic ring is 1. The molecule has 0 unspecified atom stereocenters. The molecule has 1 aromatic rings. The van der Waals surface area contributed by atoms with Gasteiger partial charge in [-0.15, -0.1) is 0 Å². The Morgan fingerprint density at radius 2 is 2.20 bits per heavy atom. The van der Waals surface area contributed by atoms with Crippen LogP contribution in [0.5, 0.6) is 10.8 Å². The standard InChI is InChI=1S/C6H9NO2S/c1-3-4(7)5(8)6(9-2)10-3/h8H,7H2,1-2H3. The molecule has 0 saturated carbocycles. The largest absolute Gasteiger partial charge is 0.502 e. The highest BCUT2D eigenvalue weighted by molar-refractivity contribution is 7.14. The minimum atomic E-state index is 0.0602. The molecule has 1 heterocycles. The molecule has 4 heteroatoms. The average molecular weight is 159 g/mol. The zero-order valence-corrected chi connectivity index (χ0v) is 6.66. The van der Waals surface area contributed by atoms with E-state index < -0.39 is 0 Å². The summed E-state index contributed by atoms with van der Waals surface area (Å²) < 4.78 is 4.84. The number of anilines is 1. The molecule has 0 aliphatic heterocycles.